The Morgan fingerprint density at radius 1 is 0.870 bits per heavy atom. The maximum absolute atomic E-state index is 13.9. The van der Waals surface area contributed by atoms with Crippen LogP contribution in [0.1, 0.15) is 53.7 Å². The third-order valence-electron chi connectivity index (χ3n) is 7.13. The molecule has 4 aromatic carbocycles. The lowest BCUT2D eigenvalue weighted by Crippen LogP contribution is -2.28. The van der Waals surface area contributed by atoms with Gasteiger partial charge in [0.15, 0.2) is 0 Å². The Hall–Kier alpha value is -3.95. The zero-order valence-electron chi connectivity index (χ0n) is 25.8. The number of carbonyl (C=O) groups is 2. The molecule has 0 radical (unpaired) electrons. The fraction of sp³-hybridized carbons (Fsp3) is 0.222. The molecule has 10 heteroatoms. The Balaban J connectivity index is 1.59. The summed E-state index contributed by atoms with van der Waals surface area (Å²) in [4.78, 5) is 26.4. The van der Waals surface area contributed by atoms with Crippen molar-refractivity contribution in [2.75, 3.05) is 17.6 Å². The summed E-state index contributed by atoms with van der Waals surface area (Å²) in [5.41, 5.74) is 5.25. The Morgan fingerprint density at radius 3 is 2.11 bits per heavy atom. The van der Waals surface area contributed by atoms with Crippen LogP contribution < -0.4 is 10.6 Å². The first-order chi connectivity index (χ1) is 21.7. The van der Waals surface area contributed by atoms with Gasteiger partial charge in [0, 0.05) is 17.1 Å². The van der Waals surface area contributed by atoms with E-state index in [0.717, 1.165) is 27.8 Å². The molecule has 0 spiro atoms. The fourth-order valence-electron chi connectivity index (χ4n) is 4.63. The highest BCUT2D eigenvalue weighted by molar-refractivity contribution is 7.85. The van der Waals surface area contributed by atoms with E-state index in [1.807, 2.05) is 48.5 Å². The van der Waals surface area contributed by atoms with E-state index in [1.54, 1.807) is 42.5 Å². The van der Waals surface area contributed by atoms with Gasteiger partial charge in [-0.05, 0) is 76.1 Å². The first-order valence-electron chi connectivity index (χ1n) is 14.6. The van der Waals surface area contributed by atoms with Gasteiger partial charge in [-0.15, -0.1) is 0 Å². The summed E-state index contributed by atoms with van der Waals surface area (Å²) in [6, 6.07) is 27.4. The highest BCUT2D eigenvalue weighted by atomic mass is 35.5. The van der Waals surface area contributed by atoms with E-state index in [0.29, 0.717) is 27.7 Å². The molecule has 0 heterocycles. The largest absolute Gasteiger partial charge is 0.351 e. The minimum absolute atomic E-state index is 0.0283. The Morgan fingerprint density at radius 2 is 1.50 bits per heavy atom. The van der Waals surface area contributed by atoms with Crippen molar-refractivity contribution in [2.24, 2.45) is 5.41 Å². The molecule has 7 nitrogen and oxygen atoms in total. The summed E-state index contributed by atoms with van der Waals surface area (Å²) in [5.74, 6) is -1.89. The predicted octanol–water partition coefficient (Wildman–Crippen LogP) is 8.30. The number of nitrogens with one attached hydrogen (secondary N) is 2. The molecule has 4 rings (SSSR count). The van der Waals surface area contributed by atoms with Crippen molar-refractivity contribution in [1.29, 1.82) is 0 Å². The van der Waals surface area contributed by atoms with E-state index in [2.05, 4.69) is 43.6 Å². The molecule has 0 fully saturated rings. The number of benzene rings is 4. The number of hydrogen-bond donors (Lipinski definition) is 3. The van der Waals surface area contributed by atoms with Gasteiger partial charge in [0.25, 0.3) is 16.0 Å². The van der Waals surface area contributed by atoms with Gasteiger partial charge in [-0.3, -0.25) is 14.1 Å². The highest BCUT2D eigenvalue weighted by Crippen LogP contribution is 2.32. The third kappa shape index (κ3) is 10.6. The zero-order valence-corrected chi connectivity index (χ0v) is 28.1. The molecule has 0 saturated heterocycles. The molecular formula is C36H36Cl2N2O5S. The second-order valence-corrected chi connectivity index (χ2v) is 14.5. The van der Waals surface area contributed by atoms with E-state index >= 15 is 0 Å². The third-order valence-corrected chi connectivity index (χ3v) is 8.44. The van der Waals surface area contributed by atoms with Crippen LogP contribution in [0.5, 0.6) is 0 Å². The lowest BCUT2D eigenvalue weighted by Gasteiger charge is -2.19. The van der Waals surface area contributed by atoms with Gasteiger partial charge in [0.1, 0.15) is 0 Å². The van der Waals surface area contributed by atoms with Gasteiger partial charge in [0.05, 0.1) is 22.4 Å². The summed E-state index contributed by atoms with van der Waals surface area (Å²) in [5, 5.41) is 6.52. The summed E-state index contributed by atoms with van der Waals surface area (Å²) < 4.78 is 30.8. The smallest absolute Gasteiger partial charge is 0.266 e. The molecule has 0 aliphatic heterocycles. The van der Waals surface area contributed by atoms with Gasteiger partial charge in [-0.25, -0.2) is 0 Å². The van der Waals surface area contributed by atoms with Crippen LogP contribution in [0.2, 0.25) is 10.0 Å². The van der Waals surface area contributed by atoms with Crippen molar-refractivity contribution in [3.63, 3.8) is 0 Å². The van der Waals surface area contributed by atoms with Gasteiger partial charge in [0.2, 0.25) is 5.91 Å². The maximum Gasteiger partial charge on any atom is 0.266 e. The summed E-state index contributed by atoms with van der Waals surface area (Å²) in [6.07, 6.45) is 4.52. The maximum atomic E-state index is 13.9. The Bertz CT molecular complexity index is 1810. The van der Waals surface area contributed by atoms with Crippen molar-refractivity contribution in [3.8, 4) is 11.1 Å². The lowest BCUT2D eigenvalue weighted by molar-refractivity contribution is -0.117. The monoisotopic (exact) mass is 678 g/mol. The molecule has 0 aliphatic carbocycles. The molecule has 46 heavy (non-hydrogen) atoms. The first kappa shape index (κ1) is 34.9. The standard InChI is InChI=1S/C36H36Cl2N2O5S/c1-36(2,3)19-18-24-4-8-27(9-5-24)31(22-25-6-10-28(11-7-25)34(41)39-20-21-46(43,44)45)35(42)40-33-23-29(14-17-32(33)38)26-12-15-30(37)16-13-26/h4-19,23,31H,20-22H2,1-3H3,(H,39,41)(H,40,42)(H,43,44,45)/b19-18+. The minimum atomic E-state index is -4.18. The normalized spacial score (nSPS) is 12.6. The van der Waals surface area contributed by atoms with Gasteiger partial charge in [-0.2, -0.15) is 8.42 Å². The zero-order chi connectivity index (χ0) is 33.5. The second-order valence-electron chi connectivity index (χ2n) is 12.1. The number of hydrogen-bond acceptors (Lipinski definition) is 4. The molecule has 0 aromatic heterocycles. The summed E-state index contributed by atoms with van der Waals surface area (Å²) in [7, 11) is -4.18. The second kappa shape index (κ2) is 15.1. The molecule has 4 aromatic rings. The molecule has 0 aliphatic rings. The number of carbonyl (C=O) groups excluding carboxylic acids is 2. The molecular weight excluding hydrogens is 643 g/mol. The minimum Gasteiger partial charge on any atom is -0.351 e. The molecule has 1 unspecified atom stereocenters. The quantitative estimate of drug-likeness (QED) is 0.138. The van der Waals surface area contributed by atoms with E-state index in [-0.39, 0.29) is 17.9 Å². The van der Waals surface area contributed by atoms with Crippen LogP contribution in [0.15, 0.2) is 97.1 Å². The predicted molar refractivity (Wildman–Crippen MR) is 187 cm³/mol. The molecule has 1 atom stereocenters. The van der Waals surface area contributed by atoms with Crippen LogP contribution in [0.4, 0.5) is 5.69 Å². The Kier molecular flexibility index (Phi) is 11.5. The topological polar surface area (TPSA) is 113 Å². The van der Waals surface area contributed by atoms with Gasteiger partial charge < -0.3 is 10.6 Å². The number of amides is 2. The fourth-order valence-corrected chi connectivity index (χ4v) is 5.28. The van der Waals surface area contributed by atoms with Crippen LogP contribution in [-0.4, -0.2) is 37.1 Å². The average molecular weight is 680 g/mol. The number of halogens is 2. The van der Waals surface area contributed by atoms with Crippen molar-refractivity contribution in [1.82, 2.24) is 5.32 Å². The van der Waals surface area contributed by atoms with Crippen molar-refractivity contribution < 1.29 is 22.6 Å². The van der Waals surface area contributed by atoms with Crippen molar-refractivity contribution in [2.45, 2.75) is 33.1 Å². The molecule has 3 N–H and O–H groups in total. The van der Waals surface area contributed by atoms with Crippen LogP contribution in [0.25, 0.3) is 17.2 Å². The Labute approximate surface area is 280 Å². The number of anilines is 1. The lowest BCUT2D eigenvalue weighted by atomic mass is 9.89. The summed E-state index contributed by atoms with van der Waals surface area (Å²) >= 11 is 12.6. The van der Waals surface area contributed by atoms with Crippen LogP contribution in [0, 0.1) is 5.41 Å². The van der Waals surface area contributed by atoms with Crippen molar-refractivity contribution >= 4 is 56.9 Å². The number of rotatable bonds is 11. The van der Waals surface area contributed by atoms with Crippen molar-refractivity contribution in [3.05, 3.63) is 129 Å². The van der Waals surface area contributed by atoms with Gasteiger partial charge >= 0.3 is 0 Å². The SMILES string of the molecule is CC(C)(C)/C=C/c1ccc(C(Cc2ccc(C(=O)NCCS(=O)(=O)O)cc2)C(=O)Nc2cc(-c3ccc(Cl)cc3)ccc2Cl)cc1. The molecule has 2 amide bonds. The van der Waals surface area contributed by atoms with Crippen LogP contribution >= 0.6 is 23.2 Å². The van der Waals surface area contributed by atoms with E-state index in [9.17, 15) is 18.0 Å². The van der Waals surface area contributed by atoms with Crippen LogP contribution in [-0.2, 0) is 21.3 Å². The van der Waals surface area contributed by atoms with Gasteiger partial charge in [-0.1, -0.05) is 111 Å². The van der Waals surface area contributed by atoms with E-state index in [1.165, 1.54) is 0 Å². The van der Waals surface area contributed by atoms with Crippen LogP contribution in [0.3, 0.4) is 0 Å². The highest BCUT2D eigenvalue weighted by Gasteiger charge is 2.23. The average Bonchev–Trinajstić information content (AvgIpc) is 3.00. The molecule has 240 valence electrons. The summed E-state index contributed by atoms with van der Waals surface area (Å²) in [6.45, 7) is 6.16. The number of allylic oxidation sites excluding steroid dienone is 1. The molecule has 0 saturated carbocycles. The first-order valence-corrected chi connectivity index (χ1v) is 17.0. The molecule has 0 bridgehead atoms. The van der Waals surface area contributed by atoms with E-state index < -0.39 is 27.7 Å². The van der Waals surface area contributed by atoms with E-state index in [4.69, 9.17) is 27.8 Å².